The van der Waals surface area contributed by atoms with Crippen LogP contribution in [0.5, 0.6) is 0 Å². The third-order valence-electron chi connectivity index (χ3n) is 4.46. The van der Waals surface area contributed by atoms with Gasteiger partial charge in [0.15, 0.2) is 5.78 Å². The first-order valence-corrected chi connectivity index (χ1v) is 8.94. The molecule has 1 unspecified atom stereocenters. The van der Waals surface area contributed by atoms with Gasteiger partial charge in [0.05, 0.1) is 5.56 Å². The van der Waals surface area contributed by atoms with E-state index in [-0.39, 0.29) is 16.7 Å². The van der Waals surface area contributed by atoms with E-state index in [0.29, 0.717) is 17.2 Å². The lowest BCUT2D eigenvalue weighted by Gasteiger charge is -2.20. The van der Waals surface area contributed by atoms with Gasteiger partial charge >= 0.3 is 12.4 Å². The number of alkyl halides is 6. The first kappa shape index (κ1) is 23.9. The molecule has 0 amide bonds. The predicted molar refractivity (Wildman–Crippen MR) is 100 cm³/mol. The van der Waals surface area contributed by atoms with Crippen LogP contribution in [0.25, 0.3) is 5.83 Å². The smallest absolute Gasteiger partial charge is 0.294 e. The molecule has 30 heavy (non-hydrogen) atoms. The SMILES string of the molecule is CC(=O)c1ccc(/C(F)=C/C(c2cc(C)c(Cl)c(C)c2)C(F)(F)F)cc1C(F)(F)F. The second kappa shape index (κ2) is 8.41. The third-order valence-corrected chi connectivity index (χ3v) is 5.06. The first-order valence-electron chi connectivity index (χ1n) is 8.56. The van der Waals surface area contributed by atoms with Crippen molar-refractivity contribution in [1.82, 2.24) is 0 Å². The van der Waals surface area contributed by atoms with Crippen LogP contribution < -0.4 is 0 Å². The Morgan fingerprint density at radius 3 is 1.97 bits per heavy atom. The molecule has 0 saturated heterocycles. The van der Waals surface area contributed by atoms with Crippen LogP contribution in [0.3, 0.4) is 0 Å². The summed E-state index contributed by atoms with van der Waals surface area (Å²) in [5.74, 6) is -4.81. The molecule has 0 N–H and O–H groups in total. The number of carbonyl (C=O) groups excluding carboxylic acids is 1. The number of aryl methyl sites for hydroxylation is 2. The molecular weight excluding hydrogens is 437 g/mol. The van der Waals surface area contributed by atoms with E-state index >= 15 is 0 Å². The minimum Gasteiger partial charge on any atom is -0.294 e. The molecule has 0 fully saturated rings. The molecule has 1 atom stereocenters. The van der Waals surface area contributed by atoms with Gasteiger partial charge in [-0.3, -0.25) is 4.79 Å². The van der Waals surface area contributed by atoms with Crippen LogP contribution in [0.1, 0.15) is 51.0 Å². The van der Waals surface area contributed by atoms with Gasteiger partial charge in [0, 0.05) is 16.1 Å². The fourth-order valence-corrected chi connectivity index (χ4v) is 3.12. The molecule has 0 aromatic heterocycles. The molecule has 2 rings (SSSR count). The summed E-state index contributed by atoms with van der Waals surface area (Å²) in [5.41, 5.74) is -2.44. The average Bonchev–Trinajstić information content (AvgIpc) is 2.61. The van der Waals surface area contributed by atoms with Crippen molar-refractivity contribution in [3.63, 3.8) is 0 Å². The second-order valence-corrected chi connectivity index (χ2v) is 7.19. The third kappa shape index (κ3) is 5.22. The average molecular weight is 453 g/mol. The molecule has 0 aliphatic carbocycles. The van der Waals surface area contributed by atoms with E-state index in [4.69, 9.17) is 11.6 Å². The Balaban J connectivity index is 2.62. The summed E-state index contributed by atoms with van der Waals surface area (Å²) in [6, 6.07) is 4.21. The number of ketones is 1. The summed E-state index contributed by atoms with van der Waals surface area (Å²) in [6.45, 7) is 3.88. The molecule has 0 aliphatic heterocycles. The zero-order valence-electron chi connectivity index (χ0n) is 16.0. The highest BCUT2D eigenvalue weighted by atomic mass is 35.5. The molecule has 0 saturated carbocycles. The van der Waals surface area contributed by atoms with E-state index in [2.05, 4.69) is 0 Å². The molecular formula is C21H16ClF7O. The Morgan fingerprint density at radius 1 is 1.00 bits per heavy atom. The van der Waals surface area contributed by atoms with E-state index in [1.807, 2.05) is 0 Å². The maximum atomic E-state index is 14.7. The Morgan fingerprint density at radius 2 is 1.53 bits per heavy atom. The second-order valence-electron chi connectivity index (χ2n) is 6.82. The van der Waals surface area contributed by atoms with Crippen molar-refractivity contribution in [2.24, 2.45) is 0 Å². The molecule has 0 radical (unpaired) electrons. The molecule has 0 heterocycles. The quantitative estimate of drug-likeness (QED) is 0.341. The standard InChI is InChI=1S/C21H16ClF7O/c1-10-6-14(7-11(2)19(10)22)16(20(24,25)26)9-18(23)13-4-5-15(12(3)30)17(8-13)21(27,28)29/h4-9,16H,1-3H3/b18-9-. The van der Waals surface area contributed by atoms with Gasteiger partial charge in [-0.05, 0) is 49.6 Å². The van der Waals surface area contributed by atoms with E-state index in [9.17, 15) is 35.5 Å². The molecule has 0 bridgehead atoms. The van der Waals surface area contributed by atoms with Crippen LogP contribution >= 0.6 is 11.6 Å². The van der Waals surface area contributed by atoms with Gasteiger partial charge in [-0.2, -0.15) is 26.3 Å². The van der Waals surface area contributed by atoms with Gasteiger partial charge in [0.25, 0.3) is 0 Å². The molecule has 0 spiro atoms. The van der Waals surface area contributed by atoms with Crippen molar-refractivity contribution in [2.45, 2.75) is 39.0 Å². The van der Waals surface area contributed by atoms with E-state index in [1.54, 1.807) is 0 Å². The van der Waals surface area contributed by atoms with Crippen molar-refractivity contribution in [2.75, 3.05) is 0 Å². The van der Waals surface area contributed by atoms with Crippen LogP contribution in [0, 0.1) is 13.8 Å². The highest BCUT2D eigenvalue weighted by Gasteiger charge is 2.40. The lowest BCUT2D eigenvalue weighted by atomic mass is 9.93. The lowest BCUT2D eigenvalue weighted by molar-refractivity contribution is -0.140. The van der Waals surface area contributed by atoms with Gasteiger partial charge in [0.1, 0.15) is 11.7 Å². The van der Waals surface area contributed by atoms with Crippen molar-refractivity contribution in [3.8, 4) is 0 Å². The fraction of sp³-hybridized carbons (Fsp3) is 0.286. The fourth-order valence-electron chi connectivity index (χ4n) is 3.02. The van der Waals surface area contributed by atoms with E-state index in [0.717, 1.165) is 31.2 Å². The summed E-state index contributed by atoms with van der Waals surface area (Å²) in [7, 11) is 0. The summed E-state index contributed by atoms with van der Waals surface area (Å²) in [6.07, 6.45) is -9.67. The van der Waals surface area contributed by atoms with Crippen LogP contribution in [-0.2, 0) is 6.18 Å². The maximum Gasteiger partial charge on any atom is 0.417 e. The number of carbonyl (C=O) groups is 1. The summed E-state index contributed by atoms with van der Waals surface area (Å²) >= 11 is 5.97. The monoisotopic (exact) mass is 452 g/mol. The number of Topliss-reactive ketones (excluding diaryl/α,β-unsaturated/α-hetero) is 1. The molecule has 2 aromatic rings. The predicted octanol–water partition coefficient (Wildman–Crippen LogP) is 7.83. The first-order chi connectivity index (χ1) is 13.6. The van der Waals surface area contributed by atoms with Crippen molar-refractivity contribution in [1.29, 1.82) is 0 Å². The van der Waals surface area contributed by atoms with Gasteiger partial charge in [-0.15, -0.1) is 0 Å². The topological polar surface area (TPSA) is 17.1 Å². The molecule has 2 aromatic carbocycles. The number of halogens is 8. The number of benzene rings is 2. The lowest BCUT2D eigenvalue weighted by Crippen LogP contribution is -2.19. The minimum atomic E-state index is -4.98. The zero-order valence-corrected chi connectivity index (χ0v) is 16.7. The number of rotatable bonds is 4. The normalized spacial score (nSPS) is 14.0. The van der Waals surface area contributed by atoms with Crippen LogP contribution in [-0.4, -0.2) is 12.0 Å². The number of hydrogen-bond acceptors (Lipinski definition) is 1. The summed E-state index contributed by atoms with van der Waals surface area (Å²) in [5, 5.41) is 0.263. The zero-order chi connectivity index (χ0) is 23.0. The van der Waals surface area contributed by atoms with Crippen LogP contribution in [0.4, 0.5) is 30.7 Å². The molecule has 162 valence electrons. The van der Waals surface area contributed by atoms with Crippen molar-refractivity contribution < 1.29 is 35.5 Å². The largest absolute Gasteiger partial charge is 0.417 e. The summed E-state index contributed by atoms with van der Waals surface area (Å²) in [4.78, 5) is 11.4. The maximum absolute atomic E-state index is 14.7. The van der Waals surface area contributed by atoms with E-state index < -0.39 is 46.6 Å². The Labute approximate surface area is 173 Å². The van der Waals surface area contributed by atoms with Crippen LogP contribution in [0.2, 0.25) is 5.02 Å². The highest BCUT2D eigenvalue weighted by Crippen LogP contribution is 2.41. The van der Waals surface area contributed by atoms with Gasteiger partial charge < -0.3 is 0 Å². The van der Waals surface area contributed by atoms with Crippen molar-refractivity contribution >= 4 is 23.2 Å². The molecule has 1 nitrogen and oxygen atoms in total. The Hall–Kier alpha value is -2.35. The van der Waals surface area contributed by atoms with Crippen molar-refractivity contribution in [3.05, 3.63) is 74.8 Å². The summed E-state index contributed by atoms with van der Waals surface area (Å²) < 4.78 is 95.1. The van der Waals surface area contributed by atoms with Gasteiger partial charge in [-0.1, -0.05) is 35.9 Å². The Kier molecular flexibility index (Phi) is 6.71. The van der Waals surface area contributed by atoms with E-state index in [1.165, 1.54) is 13.8 Å². The minimum absolute atomic E-state index is 0.213. The molecule has 9 heteroatoms. The van der Waals surface area contributed by atoms with Gasteiger partial charge in [0.2, 0.25) is 0 Å². The number of hydrogen-bond donors (Lipinski definition) is 0. The Bertz CT molecular complexity index is 980. The number of allylic oxidation sites excluding steroid dienone is 1. The highest BCUT2D eigenvalue weighted by molar-refractivity contribution is 6.32. The molecule has 0 aliphatic rings. The van der Waals surface area contributed by atoms with Gasteiger partial charge in [-0.25, -0.2) is 4.39 Å². The van der Waals surface area contributed by atoms with Crippen LogP contribution in [0.15, 0.2) is 36.4 Å².